The minimum Gasteiger partial charge on any atom is -0.467 e. The number of hydrogen-bond acceptors (Lipinski definition) is 3. The standard InChI is InChI=1S/C13H14ClNO3/c1-3-15-10-5-4-9(14)6-8(10)7-11(15)12(16)13(17)18-2/h4-7,12,16H,3H2,1-2H3. The van der Waals surface area contributed by atoms with Crippen LogP contribution in [0.3, 0.4) is 0 Å². The van der Waals surface area contributed by atoms with Crippen LogP contribution >= 0.6 is 11.6 Å². The number of carbonyl (C=O) groups excluding carboxylic acids is 1. The predicted octanol–water partition coefficient (Wildman–Crippen LogP) is 2.52. The van der Waals surface area contributed by atoms with Gasteiger partial charge in [0.2, 0.25) is 0 Å². The quantitative estimate of drug-likeness (QED) is 0.870. The molecule has 0 spiro atoms. The first kappa shape index (κ1) is 12.9. The topological polar surface area (TPSA) is 51.5 Å². The van der Waals surface area contributed by atoms with Crippen molar-refractivity contribution in [3.63, 3.8) is 0 Å². The fourth-order valence-corrected chi connectivity index (χ4v) is 2.26. The van der Waals surface area contributed by atoms with Crippen molar-refractivity contribution in [2.75, 3.05) is 7.11 Å². The molecule has 0 saturated heterocycles. The molecule has 0 aliphatic carbocycles. The summed E-state index contributed by atoms with van der Waals surface area (Å²) < 4.78 is 6.43. The lowest BCUT2D eigenvalue weighted by Crippen LogP contribution is -2.17. The van der Waals surface area contributed by atoms with E-state index in [9.17, 15) is 9.90 Å². The van der Waals surface area contributed by atoms with E-state index in [-0.39, 0.29) is 0 Å². The van der Waals surface area contributed by atoms with E-state index in [1.165, 1.54) is 7.11 Å². The molecule has 1 N–H and O–H groups in total. The third-order valence-electron chi connectivity index (χ3n) is 2.92. The molecule has 96 valence electrons. The van der Waals surface area contributed by atoms with E-state index in [0.29, 0.717) is 17.3 Å². The Morgan fingerprint density at radius 2 is 2.22 bits per heavy atom. The van der Waals surface area contributed by atoms with Crippen LogP contribution in [0.2, 0.25) is 5.02 Å². The lowest BCUT2D eigenvalue weighted by Gasteiger charge is -2.12. The van der Waals surface area contributed by atoms with E-state index in [1.807, 2.05) is 17.6 Å². The van der Waals surface area contributed by atoms with Crippen LogP contribution in [0, 0.1) is 0 Å². The van der Waals surface area contributed by atoms with Gasteiger partial charge in [-0.2, -0.15) is 0 Å². The summed E-state index contributed by atoms with van der Waals surface area (Å²) in [7, 11) is 1.25. The highest BCUT2D eigenvalue weighted by atomic mass is 35.5. The van der Waals surface area contributed by atoms with Crippen molar-refractivity contribution in [2.24, 2.45) is 0 Å². The molecule has 1 aromatic heterocycles. The maximum Gasteiger partial charge on any atom is 0.340 e. The lowest BCUT2D eigenvalue weighted by atomic mass is 10.2. The van der Waals surface area contributed by atoms with E-state index in [2.05, 4.69) is 4.74 Å². The van der Waals surface area contributed by atoms with Crippen LogP contribution in [0.1, 0.15) is 18.7 Å². The molecule has 5 heteroatoms. The molecular weight excluding hydrogens is 254 g/mol. The largest absolute Gasteiger partial charge is 0.467 e. The van der Waals surface area contributed by atoms with Crippen LogP contribution in [0.15, 0.2) is 24.3 Å². The Morgan fingerprint density at radius 1 is 1.50 bits per heavy atom. The van der Waals surface area contributed by atoms with Gasteiger partial charge in [-0.15, -0.1) is 0 Å². The van der Waals surface area contributed by atoms with Gasteiger partial charge in [-0.05, 0) is 31.2 Å². The molecule has 0 saturated carbocycles. The first-order valence-corrected chi connectivity index (χ1v) is 6.00. The predicted molar refractivity (Wildman–Crippen MR) is 69.6 cm³/mol. The molecule has 0 fully saturated rings. The van der Waals surface area contributed by atoms with Crippen molar-refractivity contribution in [2.45, 2.75) is 19.6 Å². The number of halogens is 1. The molecule has 18 heavy (non-hydrogen) atoms. The Bertz CT molecular complexity index is 591. The second-order valence-corrected chi connectivity index (χ2v) is 4.38. The molecular formula is C13H14ClNO3. The number of nitrogens with zero attached hydrogens (tertiary/aromatic N) is 1. The molecule has 1 atom stereocenters. The summed E-state index contributed by atoms with van der Waals surface area (Å²) in [5.74, 6) is -0.668. The SMILES string of the molecule is CCn1c(C(O)C(=O)OC)cc2cc(Cl)ccc21. The zero-order valence-corrected chi connectivity index (χ0v) is 10.9. The number of carbonyl (C=O) groups is 1. The summed E-state index contributed by atoms with van der Waals surface area (Å²) in [6, 6.07) is 7.21. The van der Waals surface area contributed by atoms with Gasteiger partial charge in [-0.3, -0.25) is 0 Å². The summed E-state index contributed by atoms with van der Waals surface area (Å²) in [4.78, 5) is 11.4. The highest BCUT2D eigenvalue weighted by Gasteiger charge is 2.22. The molecule has 2 aromatic rings. The number of aliphatic hydroxyl groups excluding tert-OH is 1. The van der Waals surface area contributed by atoms with Crippen molar-refractivity contribution in [1.29, 1.82) is 0 Å². The second kappa shape index (κ2) is 5.00. The third-order valence-corrected chi connectivity index (χ3v) is 3.15. The van der Waals surface area contributed by atoms with Crippen LogP contribution in [0.4, 0.5) is 0 Å². The average molecular weight is 268 g/mol. The summed E-state index contributed by atoms with van der Waals surface area (Å²) in [5, 5.41) is 11.5. The molecule has 2 rings (SSSR count). The van der Waals surface area contributed by atoms with Gasteiger partial charge in [0.05, 0.1) is 12.8 Å². The van der Waals surface area contributed by atoms with Crippen LogP contribution < -0.4 is 0 Å². The summed E-state index contributed by atoms with van der Waals surface area (Å²) in [5.41, 5.74) is 1.45. The second-order valence-electron chi connectivity index (χ2n) is 3.94. The zero-order valence-electron chi connectivity index (χ0n) is 10.2. The van der Waals surface area contributed by atoms with Gasteiger partial charge >= 0.3 is 5.97 Å². The van der Waals surface area contributed by atoms with Crippen LogP contribution in [0.5, 0.6) is 0 Å². The van der Waals surface area contributed by atoms with Gasteiger partial charge in [-0.25, -0.2) is 4.79 Å². The number of aliphatic hydroxyl groups is 1. The summed E-state index contributed by atoms with van der Waals surface area (Å²) in [6.07, 6.45) is -1.28. The van der Waals surface area contributed by atoms with Crippen molar-refractivity contribution < 1.29 is 14.6 Å². The molecule has 0 radical (unpaired) electrons. The highest BCUT2D eigenvalue weighted by molar-refractivity contribution is 6.31. The Morgan fingerprint density at radius 3 is 2.83 bits per heavy atom. The van der Waals surface area contributed by atoms with E-state index in [0.717, 1.165) is 10.9 Å². The van der Waals surface area contributed by atoms with Crippen molar-refractivity contribution >= 4 is 28.5 Å². The number of aryl methyl sites for hydroxylation is 1. The summed E-state index contributed by atoms with van der Waals surface area (Å²) in [6.45, 7) is 2.59. The van der Waals surface area contributed by atoms with Gasteiger partial charge < -0.3 is 14.4 Å². The van der Waals surface area contributed by atoms with E-state index >= 15 is 0 Å². The molecule has 0 aliphatic rings. The minimum atomic E-state index is -1.28. The van der Waals surface area contributed by atoms with Gasteiger partial charge in [0, 0.05) is 22.5 Å². The first-order valence-electron chi connectivity index (χ1n) is 5.63. The molecule has 1 unspecified atom stereocenters. The summed E-state index contributed by atoms with van der Waals surface area (Å²) >= 11 is 5.93. The van der Waals surface area contributed by atoms with Gasteiger partial charge in [0.1, 0.15) is 0 Å². The van der Waals surface area contributed by atoms with Crippen molar-refractivity contribution in [3.8, 4) is 0 Å². The Labute approximate surface area is 110 Å². The monoisotopic (exact) mass is 267 g/mol. The van der Waals surface area contributed by atoms with Crippen LogP contribution in [0.25, 0.3) is 10.9 Å². The lowest BCUT2D eigenvalue weighted by molar-refractivity contribution is -0.151. The number of rotatable bonds is 3. The molecule has 4 nitrogen and oxygen atoms in total. The molecule has 0 bridgehead atoms. The van der Waals surface area contributed by atoms with Gasteiger partial charge in [0.15, 0.2) is 6.10 Å². The number of ether oxygens (including phenoxy) is 1. The maximum atomic E-state index is 11.4. The smallest absolute Gasteiger partial charge is 0.340 e. The average Bonchev–Trinajstić information content (AvgIpc) is 2.74. The molecule has 1 aromatic carbocycles. The van der Waals surface area contributed by atoms with Crippen molar-refractivity contribution in [1.82, 2.24) is 4.57 Å². The highest BCUT2D eigenvalue weighted by Crippen LogP contribution is 2.27. The number of esters is 1. The maximum absolute atomic E-state index is 11.4. The minimum absolute atomic E-state index is 0.515. The third kappa shape index (κ3) is 2.09. The number of hydrogen-bond donors (Lipinski definition) is 1. The van der Waals surface area contributed by atoms with Crippen LogP contribution in [-0.2, 0) is 16.1 Å². The Hall–Kier alpha value is -1.52. The molecule has 0 aliphatic heterocycles. The fourth-order valence-electron chi connectivity index (χ4n) is 2.07. The number of methoxy groups -OCH3 is 1. The Kier molecular flexibility index (Phi) is 3.59. The normalized spacial score (nSPS) is 12.7. The number of fused-ring (bicyclic) bond motifs is 1. The van der Waals surface area contributed by atoms with Crippen molar-refractivity contribution in [3.05, 3.63) is 35.0 Å². The van der Waals surface area contributed by atoms with E-state index in [1.54, 1.807) is 18.2 Å². The molecule has 0 amide bonds. The van der Waals surface area contributed by atoms with Gasteiger partial charge in [0.25, 0.3) is 0 Å². The van der Waals surface area contributed by atoms with E-state index in [4.69, 9.17) is 11.6 Å². The zero-order chi connectivity index (χ0) is 13.3. The fraction of sp³-hybridized carbons (Fsp3) is 0.308. The Balaban J connectivity index is 2.60. The number of aromatic nitrogens is 1. The first-order chi connectivity index (χ1) is 8.58. The van der Waals surface area contributed by atoms with E-state index < -0.39 is 12.1 Å². The molecule has 1 heterocycles. The van der Waals surface area contributed by atoms with Crippen LogP contribution in [-0.4, -0.2) is 22.8 Å². The van der Waals surface area contributed by atoms with Gasteiger partial charge in [-0.1, -0.05) is 11.6 Å². The number of benzene rings is 1.